The minimum absolute atomic E-state index is 0.401. The number of hydrogen-bond acceptors (Lipinski definition) is 4. The van der Waals surface area contributed by atoms with Crippen molar-refractivity contribution in [2.75, 3.05) is 18.1 Å². The summed E-state index contributed by atoms with van der Waals surface area (Å²) in [6.45, 7) is 2.90. The van der Waals surface area contributed by atoms with Gasteiger partial charge in [0.05, 0.1) is 17.9 Å². The van der Waals surface area contributed by atoms with Crippen molar-refractivity contribution in [3.8, 4) is 17.2 Å². The lowest BCUT2D eigenvalue weighted by Crippen LogP contribution is -2.35. The van der Waals surface area contributed by atoms with E-state index < -0.39 is 10.0 Å². The number of nitrogens with one attached hydrogen (secondary N) is 1. The molecule has 1 N–H and O–H groups in total. The lowest BCUT2D eigenvalue weighted by atomic mass is 9.95. The van der Waals surface area contributed by atoms with E-state index >= 15 is 0 Å². The topological polar surface area (TPSA) is 73.2 Å². The highest BCUT2D eigenvalue weighted by atomic mass is 32.2. The summed E-state index contributed by atoms with van der Waals surface area (Å²) in [7, 11) is -3.20. The lowest BCUT2D eigenvalue weighted by Gasteiger charge is -2.28. The lowest BCUT2D eigenvalue weighted by molar-refractivity contribution is 0.395. The Morgan fingerprint density at radius 2 is 1.83 bits per heavy atom. The summed E-state index contributed by atoms with van der Waals surface area (Å²) >= 11 is 0. The fourth-order valence-electron chi connectivity index (χ4n) is 4.04. The molecule has 0 atom stereocenters. The van der Waals surface area contributed by atoms with Gasteiger partial charge >= 0.3 is 0 Å². The number of hydrogen-bond donors (Lipinski definition) is 1. The quantitative estimate of drug-likeness (QED) is 0.674. The molecule has 0 unspecified atom stereocenters. The molecule has 1 aliphatic rings. The first-order valence-corrected chi connectivity index (χ1v) is 11.6. The van der Waals surface area contributed by atoms with Gasteiger partial charge in [0, 0.05) is 30.0 Å². The number of benzene rings is 3. The second kappa shape index (κ2) is 7.94. The van der Waals surface area contributed by atoms with Crippen molar-refractivity contribution in [3.63, 3.8) is 0 Å². The average Bonchev–Trinajstić information content (AvgIpc) is 2.73. The van der Waals surface area contributed by atoms with E-state index in [9.17, 15) is 13.7 Å². The highest BCUT2D eigenvalue weighted by molar-refractivity contribution is 7.88. The second-order valence-electron chi connectivity index (χ2n) is 7.60. The Kier molecular flexibility index (Phi) is 5.33. The molecule has 30 heavy (non-hydrogen) atoms. The molecule has 5 nitrogen and oxygen atoms in total. The third-order valence-corrected chi connectivity index (χ3v) is 6.77. The summed E-state index contributed by atoms with van der Waals surface area (Å²) in [6.07, 6.45) is 1.92. The molecule has 3 aromatic carbocycles. The number of sulfonamides is 1. The van der Waals surface area contributed by atoms with Crippen molar-refractivity contribution in [1.82, 2.24) is 4.31 Å². The van der Waals surface area contributed by atoms with Crippen molar-refractivity contribution in [1.29, 1.82) is 5.26 Å². The number of rotatable bonds is 4. The minimum atomic E-state index is -3.20. The molecular weight excluding hydrogens is 394 g/mol. The summed E-state index contributed by atoms with van der Waals surface area (Å²) in [5.74, 6) is 0. The molecular formula is C24H23N3O2S. The predicted octanol–water partition coefficient (Wildman–Crippen LogP) is 4.60. The van der Waals surface area contributed by atoms with Crippen LogP contribution < -0.4 is 5.32 Å². The van der Waals surface area contributed by atoms with E-state index in [0.29, 0.717) is 25.1 Å². The van der Waals surface area contributed by atoms with Crippen molar-refractivity contribution < 1.29 is 8.42 Å². The Bertz CT molecular complexity index is 1260. The van der Waals surface area contributed by atoms with Gasteiger partial charge < -0.3 is 5.32 Å². The van der Waals surface area contributed by atoms with Crippen LogP contribution in [0.2, 0.25) is 0 Å². The van der Waals surface area contributed by atoms with E-state index in [1.54, 1.807) is 0 Å². The van der Waals surface area contributed by atoms with Gasteiger partial charge in [-0.1, -0.05) is 36.4 Å². The van der Waals surface area contributed by atoms with Crippen LogP contribution in [-0.2, 0) is 23.0 Å². The van der Waals surface area contributed by atoms with Gasteiger partial charge in [-0.15, -0.1) is 0 Å². The van der Waals surface area contributed by atoms with Crippen LogP contribution in [0.3, 0.4) is 0 Å². The van der Waals surface area contributed by atoms with E-state index in [4.69, 9.17) is 0 Å². The molecule has 0 fully saturated rings. The molecule has 6 heteroatoms. The largest absolute Gasteiger partial charge is 0.355 e. The van der Waals surface area contributed by atoms with Gasteiger partial charge in [-0.2, -0.15) is 9.57 Å². The Labute approximate surface area is 177 Å². The minimum Gasteiger partial charge on any atom is -0.355 e. The van der Waals surface area contributed by atoms with E-state index in [1.165, 1.54) is 10.6 Å². The number of anilines is 2. The van der Waals surface area contributed by atoms with Gasteiger partial charge in [-0.25, -0.2) is 8.42 Å². The third kappa shape index (κ3) is 3.95. The van der Waals surface area contributed by atoms with Crippen LogP contribution in [0.1, 0.15) is 22.3 Å². The van der Waals surface area contributed by atoms with Gasteiger partial charge in [-0.05, 0) is 59.9 Å². The molecule has 0 aromatic heterocycles. The molecule has 0 saturated carbocycles. The normalized spacial score (nSPS) is 14.0. The molecule has 0 spiro atoms. The third-order valence-electron chi connectivity index (χ3n) is 5.52. The Morgan fingerprint density at radius 1 is 1.07 bits per heavy atom. The number of aryl methyl sites for hydroxylation is 1. The maximum atomic E-state index is 11.9. The van der Waals surface area contributed by atoms with E-state index in [-0.39, 0.29) is 0 Å². The summed E-state index contributed by atoms with van der Waals surface area (Å²) in [6, 6.07) is 22.0. The van der Waals surface area contributed by atoms with Gasteiger partial charge in [0.2, 0.25) is 10.0 Å². The molecule has 0 bridgehead atoms. The zero-order valence-electron chi connectivity index (χ0n) is 17.0. The van der Waals surface area contributed by atoms with Crippen LogP contribution in [0, 0.1) is 18.3 Å². The second-order valence-corrected chi connectivity index (χ2v) is 9.59. The van der Waals surface area contributed by atoms with Crippen molar-refractivity contribution in [2.24, 2.45) is 0 Å². The van der Waals surface area contributed by atoms with Crippen LogP contribution in [0.5, 0.6) is 0 Å². The van der Waals surface area contributed by atoms with Gasteiger partial charge in [0.15, 0.2) is 0 Å². The highest BCUT2D eigenvalue weighted by Crippen LogP contribution is 2.32. The van der Waals surface area contributed by atoms with Crippen molar-refractivity contribution in [3.05, 3.63) is 82.9 Å². The van der Waals surface area contributed by atoms with Crippen LogP contribution in [0.15, 0.2) is 60.7 Å². The molecule has 1 heterocycles. The van der Waals surface area contributed by atoms with Crippen LogP contribution >= 0.6 is 0 Å². The fraction of sp³-hybridized carbons (Fsp3) is 0.208. The van der Waals surface area contributed by atoms with Crippen molar-refractivity contribution in [2.45, 2.75) is 19.9 Å². The first-order chi connectivity index (χ1) is 14.4. The first kappa shape index (κ1) is 20.1. The Morgan fingerprint density at radius 3 is 2.60 bits per heavy atom. The SMILES string of the molecule is Cc1cccc(C#N)c1-c1cccc(Nc2cccc3c2CCN(S(C)(=O)=O)C3)c1. The number of nitrogens with zero attached hydrogens (tertiary/aromatic N) is 2. The smallest absolute Gasteiger partial charge is 0.211 e. The van der Waals surface area contributed by atoms with Crippen LogP contribution in [-0.4, -0.2) is 25.5 Å². The van der Waals surface area contributed by atoms with Gasteiger partial charge in [0.1, 0.15) is 0 Å². The van der Waals surface area contributed by atoms with E-state index in [2.05, 4.69) is 11.4 Å². The molecule has 4 rings (SSSR count). The standard InChI is InChI=1S/C24H23N3O2S/c1-17-6-3-8-19(15-25)24(17)18-7-4-10-21(14-18)26-23-11-5-9-20-16-27(30(2,28)29)13-12-22(20)23/h3-11,14,26H,12-13,16H2,1-2H3. The van der Waals surface area contributed by atoms with E-state index in [1.807, 2.05) is 67.6 Å². The maximum Gasteiger partial charge on any atom is 0.211 e. The summed E-state index contributed by atoms with van der Waals surface area (Å²) in [5.41, 5.74) is 7.75. The molecule has 3 aromatic rings. The van der Waals surface area contributed by atoms with Crippen molar-refractivity contribution >= 4 is 21.4 Å². The number of nitriles is 1. The zero-order valence-corrected chi connectivity index (χ0v) is 17.8. The molecule has 152 valence electrons. The Balaban J connectivity index is 1.67. The van der Waals surface area contributed by atoms with Crippen LogP contribution in [0.25, 0.3) is 11.1 Å². The summed E-state index contributed by atoms with van der Waals surface area (Å²) in [4.78, 5) is 0. The molecule has 0 saturated heterocycles. The average molecular weight is 418 g/mol. The summed E-state index contributed by atoms with van der Waals surface area (Å²) in [5, 5.41) is 13.0. The van der Waals surface area contributed by atoms with Crippen LogP contribution in [0.4, 0.5) is 11.4 Å². The molecule has 1 aliphatic heterocycles. The Hall–Kier alpha value is -3.14. The molecule has 0 amide bonds. The first-order valence-electron chi connectivity index (χ1n) is 9.80. The maximum absolute atomic E-state index is 11.9. The van der Waals surface area contributed by atoms with Gasteiger partial charge in [-0.3, -0.25) is 0 Å². The van der Waals surface area contributed by atoms with E-state index in [0.717, 1.165) is 39.2 Å². The predicted molar refractivity (Wildman–Crippen MR) is 120 cm³/mol. The molecule has 0 aliphatic carbocycles. The zero-order chi connectivity index (χ0) is 21.3. The fourth-order valence-corrected chi connectivity index (χ4v) is 4.83. The summed E-state index contributed by atoms with van der Waals surface area (Å²) < 4.78 is 25.3. The monoisotopic (exact) mass is 417 g/mol. The molecule has 0 radical (unpaired) electrons. The highest BCUT2D eigenvalue weighted by Gasteiger charge is 2.24. The number of fused-ring (bicyclic) bond motifs is 1. The van der Waals surface area contributed by atoms with Gasteiger partial charge in [0.25, 0.3) is 0 Å².